The molecule has 1 aliphatic rings. The minimum absolute atomic E-state index is 0.178. The average molecular weight is 449 g/mol. The average Bonchev–Trinajstić information content (AvgIpc) is 3.30. The molecule has 2 heterocycles. The van der Waals surface area contributed by atoms with Crippen LogP contribution in [0.2, 0.25) is 0 Å². The van der Waals surface area contributed by atoms with Crippen LogP contribution in [0.4, 0.5) is 0 Å². The van der Waals surface area contributed by atoms with Gasteiger partial charge in [0.1, 0.15) is 19.0 Å². The van der Waals surface area contributed by atoms with Crippen LogP contribution < -0.4 is 0 Å². The van der Waals surface area contributed by atoms with Gasteiger partial charge in [0, 0.05) is 26.5 Å². The molecule has 1 saturated heterocycles. The summed E-state index contributed by atoms with van der Waals surface area (Å²) < 4.78 is 23.3. The topological polar surface area (TPSA) is 119 Å². The first-order valence-corrected chi connectivity index (χ1v) is 10.5. The molecular weight excluding hydrogens is 426 g/mol. The van der Waals surface area contributed by atoms with Crippen molar-refractivity contribution in [2.45, 2.75) is 56.2 Å². The van der Waals surface area contributed by atoms with E-state index in [2.05, 4.69) is 10.1 Å². The summed E-state index contributed by atoms with van der Waals surface area (Å²) in [6.07, 6.45) is -2.39. The molecule has 1 aliphatic heterocycles. The fourth-order valence-corrected chi connectivity index (χ4v) is 4.02. The first-order chi connectivity index (χ1) is 14.8. The molecule has 0 bridgehead atoms. The number of aromatic nitrogens is 3. The Morgan fingerprint density at radius 1 is 1.03 bits per heavy atom. The molecule has 166 valence electrons. The Morgan fingerprint density at radius 3 is 2.35 bits per heavy atom. The second-order valence-corrected chi connectivity index (χ2v) is 7.72. The van der Waals surface area contributed by atoms with Gasteiger partial charge in [0.05, 0.1) is 0 Å². The Labute approximate surface area is 183 Å². The second-order valence-electron chi connectivity index (χ2n) is 6.78. The van der Waals surface area contributed by atoms with Crippen molar-refractivity contribution in [1.29, 1.82) is 0 Å². The quantitative estimate of drug-likeness (QED) is 0.336. The summed E-state index contributed by atoms with van der Waals surface area (Å²) in [6, 6.07) is 9.81. The van der Waals surface area contributed by atoms with E-state index in [-0.39, 0.29) is 6.61 Å². The lowest BCUT2D eigenvalue weighted by atomic mass is 10.1. The molecule has 0 aliphatic carbocycles. The lowest BCUT2D eigenvalue weighted by Crippen LogP contribution is -2.40. The number of hydrogen-bond acceptors (Lipinski definition) is 10. The standard InChI is InChI=1S/C20H23N3O7S/c1-12(24)27-9-16-17(28-13(2)25)18(29-14(3)26)19(30-16)23-20(21-11-22-23)31-10-15-7-5-4-6-8-15/h4-8,11,16-19H,9-10H2,1-3H3/t16-,17-,18-,19-/m1/s1. The third-order valence-electron chi connectivity index (χ3n) is 4.33. The van der Waals surface area contributed by atoms with E-state index in [1.165, 1.54) is 43.5 Å². The highest BCUT2D eigenvalue weighted by molar-refractivity contribution is 7.98. The Hall–Kier alpha value is -2.92. The summed E-state index contributed by atoms with van der Waals surface area (Å²) in [7, 11) is 0. The molecule has 0 saturated carbocycles. The summed E-state index contributed by atoms with van der Waals surface area (Å²) >= 11 is 1.42. The first-order valence-electron chi connectivity index (χ1n) is 9.54. The number of thioether (sulfide) groups is 1. The summed E-state index contributed by atoms with van der Waals surface area (Å²) in [5.41, 5.74) is 1.09. The van der Waals surface area contributed by atoms with Crippen LogP contribution in [0.25, 0.3) is 0 Å². The molecular formula is C20H23N3O7S. The van der Waals surface area contributed by atoms with Crippen LogP contribution in [0.1, 0.15) is 32.6 Å². The van der Waals surface area contributed by atoms with E-state index >= 15 is 0 Å². The number of carbonyl (C=O) groups is 3. The molecule has 3 rings (SSSR count). The number of hydrogen-bond donors (Lipinski definition) is 0. The molecule has 0 unspecified atom stereocenters. The van der Waals surface area contributed by atoms with Gasteiger partial charge in [0.2, 0.25) is 0 Å². The fourth-order valence-electron chi connectivity index (χ4n) is 3.13. The highest BCUT2D eigenvalue weighted by Crippen LogP contribution is 2.36. The van der Waals surface area contributed by atoms with Crippen LogP contribution in [0.5, 0.6) is 0 Å². The Balaban J connectivity index is 1.85. The maximum atomic E-state index is 11.8. The molecule has 4 atom stereocenters. The monoisotopic (exact) mass is 449 g/mol. The van der Waals surface area contributed by atoms with Crippen LogP contribution in [-0.2, 0) is 39.1 Å². The predicted octanol–water partition coefficient (Wildman–Crippen LogP) is 1.89. The summed E-state index contributed by atoms with van der Waals surface area (Å²) in [5.74, 6) is -1.05. The zero-order valence-electron chi connectivity index (χ0n) is 17.3. The van der Waals surface area contributed by atoms with Gasteiger partial charge in [-0.05, 0) is 5.56 Å². The highest BCUT2D eigenvalue weighted by atomic mass is 32.2. The van der Waals surface area contributed by atoms with Crippen molar-refractivity contribution in [1.82, 2.24) is 14.8 Å². The number of ether oxygens (including phenoxy) is 4. The smallest absolute Gasteiger partial charge is 0.303 e. The Kier molecular flexibility index (Phi) is 7.64. The number of nitrogens with zero attached hydrogens (tertiary/aromatic N) is 3. The van der Waals surface area contributed by atoms with Crippen LogP contribution in [0.15, 0.2) is 41.8 Å². The first kappa shape index (κ1) is 22.8. The molecule has 1 aromatic heterocycles. The maximum absolute atomic E-state index is 11.8. The molecule has 31 heavy (non-hydrogen) atoms. The molecule has 10 nitrogen and oxygen atoms in total. The molecule has 0 spiro atoms. The van der Waals surface area contributed by atoms with Crippen molar-refractivity contribution in [3.8, 4) is 0 Å². The summed E-state index contributed by atoms with van der Waals surface area (Å²) in [5, 5.41) is 4.76. The van der Waals surface area contributed by atoms with E-state index < -0.39 is 42.4 Å². The minimum Gasteiger partial charge on any atom is -0.463 e. The molecule has 1 fully saturated rings. The molecule has 2 aromatic rings. The lowest BCUT2D eigenvalue weighted by Gasteiger charge is -2.23. The van der Waals surface area contributed by atoms with Gasteiger partial charge < -0.3 is 18.9 Å². The highest BCUT2D eigenvalue weighted by Gasteiger charge is 2.51. The fraction of sp³-hybridized carbons (Fsp3) is 0.450. The minimum atomic E-state index is -1.00. The normalized spacial score (nSPS) is 22.7. The van der Waals surface area contributed by atoms with Crippen LogP contribution in [0.3, 0.4) is 0 Å². The van der Waals surface area contributed by atoms with Gasteiger partial charge in [0.25, 0.3) is 0 Å². The van der Waals surface area contributed by atoms with Crippen LogP contribution in [0, 0.1) is 0 Å². The Morgan fingerprint density at radius 2 is 1.71 bits per heavy atom. The number of carbonyl (C=O) groups excluding carboxylic acids is 3. The van der Waals surface area contributed by atoms with Crippen molar-refractivity contribution >= 4 is 29.7 Å². The van der Waals surface area contributed by atoms with E-state index in [9.17, 15) is 14.4 Å². The number of benzene rings is 1. The van der Waals surface area contributed by atoms with Crippen LogP contribution >= 0.6 is 11.8 Å². The van der Waals surface area contributed by atoms with E-state index in [4.69, 9.17) is 18.9 Å². The third kappa shape index (κ3) is 6.05. The second kappa shape index (κ2) is 10.4. The summed E-state index contributed by atoms with van der Waals surface area (Å²) in [6.45, 7) is 3.56. The molecule has 0 amide bonds. The largest absolute Gasteiger partial charge is 0.463 e. The zero-order valence-corrected chi connectivity index (χ0v) is 18.1. The van der Waals surface area contributed by atoms with Gasteiger partial charge in [-0.1, -0.05) is 42.1 Å². The molecule has 0 N–H and O–H groups in total. The Bertz CT molecular complexity index is 921. The van der Waals surface area contributed by atoms with Gasteiger partial charge in [-0.2, -0.15) is 5.10 Å². The summed E-state index contributed by atoms with van der Waals surface area (Å²) in [4.78, 5) is 39.0. The molecule has 0 radical (unpaired) electrons. The molecule has 1 aromatic carbocycles. The van der Waals surface area contributed by atoms with E-state index in [1.54, 1.807) is 0 Å². The number of rotatable bonds is 8. The van der Waals surface area contributed by atoms with Gasteiger partial charge in [-0.25, -0.2) is 9.67 Å². The van der Waals surface area contributed by atoms with Gasteiger partial charge in [-0.3, -0.25) is 14.4 Å². The van der Waals surface area contributed by atoms with Crippen molar-refractivity contribution in [2.75, 3.05) is 6.61 Å². The zero-order chi connectivity index (χ0) is 22.4. The number of esters is 3. The van der Waals surface area contributed by atoms with Crippen molar-refractivity contribution in [3.63, 3.8) is 0 Å². The van der Waals surface area contributed by atoms with Gasteiger partial charge >= 0.3 is 17.9 Å². The van der Waals surface area contributed by atoms with E-state index in [0.29, 0.717) is 10.9 Å². The van der Waals surface area contributed by atoms with Crippen molar-refractivity contribution in [3.05, 3.63) is 42.2 Å². The molecule has 11 heteroatoms. The third-order valence-corrected chi connectivity index (χ3v) is 5.36. The lowest BCUT2D eigenvalue weighted by molar-refractivity contribution is -0.166. The van der Waals surface area contributed by atoms with Gasteiger partial charge in [0.15, 0.2) is 23.6 Å². The van der Waals surface area contributed by atoms with Crippen molar-refractivity contribution in [2.24, 2.45) is 0 Å². The SMILES string of the molecule is CC(=O)OC[C@H]1O[C@@H](n2ncnc2SCc2ccccc2)[C@H](OC(C)=O)[C@@H]1OC(C)=O. The van der Waals surface area contributed by atoms with Crippen molar-refractivity contribution < 1.29 is 33.3 Å². The van der Waals surface area contributed by atoms with Crippen LogP contribution in [-0.4, -0.2) is 57.6 Å². The van der Waals surface area contributed by atoms with Gasteiger partial charge in [-0.15, -0.1) is 0 Å². The maximum Gasteiger partial charge on any atom is 0.303 e. The van der Waals surface area contributed by atoms with E-state index in [0.717, 1.165) is 5.56 Å². The van der Waals surface area contributed by atoms with E-state index in [1.807, 2.05) is 30.3 Å². The predicted molar refractivity (Wildman–Crippen MR) is 108 cm³/mol.